The predicted molar refractivity (Wildman–Crippen MR) is 173 cm³/mol. The van der Waals surface area contributed by atoms with E-state index in [1.165, 1.54) is 13.3 Å². The molecule has 0 saturated carbocycles. The molecule has 0 aliphatic carbocycles. The molecule has 15 heteroatoms. The molecule has 43 heavy (non-hydrogen) atoms. The van der Waals surface area contributed by atoms with Crippen molar-refractivity contribution in [1.82, 2.24) is 16.1 Å². The van der Waals surface area contributed by atoms with Gasteiger partial charge in [0.15, 0.2) is 24.3 Å². The highest BCUT2D eigenvalue weighted by molar-refractivity contribution is 14.1. The monoisotopic (exact) mass is 822 g/mol. The van der Waals surface area contributed by atoms with Gasteiger partial charge in [-0.25, -0.2) is 14.4 Å². The number of benzene rings is 2. The number of methoxy groups -OCH3 is 1. The van der Waals surface area contributed by atoms with Crippen LogP contribution in [0, 0.1) is 7.14 Å². The molecule has 13 nitrogen and oxygen atoms in total. The summed E-state index contributed by atoms with van der Waals surface area (Å²) in [6.07, 6.45) is 0.271. The van der Waals surface area contributed by atoms with Gasteiger partial charge >= 0.3 is 18.0 Å². The maximum absolute atomic E-state index is 12.4. The summed E-state index contributed by atoms with van der Waals surface area (Å²) in [5.41, 5.74) is 4.40. The zero-order valence-corrected chi connectivity index (χ0v) is 28.2. The summed E-state index contributed by atoms with van der Waals surface area (Å²) in [5.74, 6) is 0.0682. The Balaban J connectivity index is 1.70. The molecule has 1 aliphatic rings. The Labute approximate surface area is 276 Å². The van der Waals surface area contributed by atoms with E-state index in [1.54, 1.807) is 39.0 Å². The van der Waals surface area contributed by atoms with E-state index in [-0.39, 0.29) is 25.4 Å². The minimum Gasteiger partial charge on any atom is -0.490 e. The lowest BCUT2D eigenvalue weighted by atomic mass is 9.95. The maximum Gasteiger partial charge on any atom is 0.344 e. The summed E-state index contributed by atoms with van der Waals surface area (Å²) in [7, 11) is 1.27. The number of hydrazone groups is 1. The third-order valence-corrected chi connectivity index (χ3v) is 7.20. The molecule has 3 rings (SSSR count). The Morgan fingerprint density at radius 3 is 2.58 bits per heavy atom. The van der Waals surface area contributed by atoms with E-state index in [0.29, 0.717) is 40.7 Å². The Morgan fingerprint density at radius 1 is 1.12 bits per heavy atom. The van der Waals surface area contributed by atoms with Crippen LogP contribution in [-0.4, -0.2) is 69.1 Å². The number of nitrogens with zero attached hydrogens (tertiary/aromatic N) is 1. The summed E-state index contributed by atoms with van der Waals surface area (Å²) in [5, 5.41) is 19.9. The first-order valence-electron chi connectivity index (χ1n) is 13.1. The van der Waals surface area contributed by atoms with E-state index in [4.69, 9.17) is 23.7 Å². The zero-order chi connectivity index (χ0) is 31.5. The van der Waals surface area contributed by atoms with Crippen LogP contribution in [0.3, 0.4) is 0 Å². The second-order valence-corrected chi connectivity index (χ2v) is 11.2. The highest BCUT2D eigenvalue weighted by Crippen LogP contribution is 2.35. The van der Waals surface area contributed by atoms with Gasteiger partial charge in [-0.2, -0.15) is 5.10 Å². The number of amides is 2. The van der Waals surface area contributed by atoms with Crippen LogP contribution >= 0.6 is 45.2 Å². The van der Waals surface area contributed by atoms with E-state index >= 15 is 0 Å². The minimum atomic E-state index is -1.20. The fraction of sp³-hybridized carbons (Fsp3) is 0.357. The van der Waals surface area contributed by atoms with E-state index in [1.807, 2.05) is 12.1 Å². The molecule has 1 heterocycles. The van der Waals surface area contributed by atoms with Crippen molar-refractivity contribution in [2.75, 3.05) is 33.5 Å². The lowest BCUT2D eigenvalue weighted by Gasteiger charge is -2.28. The van der Waals surface area contributed by atoms with Crippen LogP contribution in [0.4, 0.5) is 4.79 Å². The lowest BCUT2D eigenvalue weighted by Crippen LogP contribution is -2.45. The molecule has 0 bridgehead atoms. The minimum absolute atomic E-state index is 0.191. The van der Waals surface area contributed by atoms with Crippen LogP contribution in [0.1, 0.15) is 37.9 Å². The SMILES string of the molecule is CCOC(=O)COc1c(I)cc(I)cc1/C=N/N[C@H](O)COc1ccc([C@@H]2NC(=O)NC(C)=C2C(=O)OC)cc1OCC. The second-order valence-electron chi connectivity index (χ2n) is 8.81. The highest BCUT2D eigenvalue weighted by Gasteiger charge is 2.32. The molecule has 0 radical (unpaired) electrons. The van der Waals surface area contributed by atoms with Crippen LogP contribution in [0.25, 0.3) is 0 Å². The van der Waals surface area contributed by atoms with E-state index < -0.39 is 30.2 Å². The third kappa shape index (κ3) is 9.59. The Hall–Kier alpha value is -3.32. The van der Waals surface area contributed by atoms with Crippen LogP contribution in [0.5, 0.6) is 17.2 Å². The third-order valence-electron chi connectivity index (χ3n) is 5.78. The van der Waals surface area contributed by atoms with Crippen molar-refractivity contribution in [3.63, 3.8) is 0 Å². The van der Waals surface area contributed by atoms with Gasteiger partial charge in [0.1, 0.15) is 12.4 Å². The molecule has 2 aromatic rings. The summed E-state index contributed by atoms with van der Waals surface area (Å²) >= 11 is 4.26. The number of rotatable bonds is 14. The normalized spacial score (nSPS) is 15.3. The number of allylic oxidation sites excluding steroid dienone is 1. The number of esters is 2. The van der Waals surface area contributed by atoms with Crippen LogP contribution < -0.4 is 30.3 Å². The molecule has 0 unspecified atom stereocenters. The molecule has 232 valence electrons. The molecular formula is C28H32I2N4O9. The van der Waals surface area contributed by atoms with Gasteiger partial charge in [-0.3, -0.25) is 5.43 Å². The average Bonchev–Trinajstić information content (AvgIpc) is 2.95. The molecule has 0 fully saturated rings. The summed E-state index contributed by atoms with van der Waals surface area (Å²) in [4.78, 5) is 36.3. The number of hydrogen-bond acceptors (Lipinski definition) is 11. The van der Waals surface area contributed by atoms with Crippen LogP contribution in [0.2, 0.25) is 0 Å². The van der Waals surface area contributed by atoms with Gasteiger partial charge in [-0.1, -0.05) is 6.07 Å². The molecule has 2 amide bonds. The highest BCUT2D eigenvalue weighted by atomic mass is 127. The van der Waals surface area contributed by atoms with Crippen molar-refractivity contribution < 1.29 is 43.2 Å². The number of aliphatic hydroxyl groups is 1. The molecule has 2 atom stereocenters. The number of carbonyl (C=O) groups is 3. The first kappa shape index (κ1) is 34.2. The number of carbonyl (C=O) groups excluding carboxylic acids is 3. The van der Waals surface area contributed by atoms with Crippen LogP contribution in [0.15, 0.2) is 46.7 Å². The summed E-state index contributed by atoms with van der Waals surface area (Å²) in [6, 6.07) is 7.43. The van der Waals surface area contributed by atoms with Crippen molar-refractivity contribution in [2.45, 2.75) is 33.0 Å². The molecular weight excluding hydrogens is 790 g/mol. The lowest BCUT2D eigenvalue weighted by molar-refractivity contribution is -0.145. The Kier molecular flexibility index (Phi) is 13.1. The van der Waals surface area contributed by atoms with Crippen molar-refractivity contribution in [3.05, 3.63) is 59.9 Å². The quantitative estimate of drug-likeness (QED) is 0.0731. The number of aliphatic hydroxyl groups excluding tert-OH is 1. The van der Waals surface area contributed by atoms with Crippen molar-refractivity contribution in [2.24, 2.45) is 5.10 Å². The van der Waals surface area contributed by atoms with Gasteiger partial charge in [-0.05, 0) is 95.8 Å². The Bertz CT molecular complexity index is 1400. The maximum atomic E-state index is 12.4. The molecule has 1 aliphatic heterocycles. The largest absolute Gasteiger partial charge is 0.490 e. The van der Waals surface area contributed by atoms with Gasteiger partial charge in [0.2, 0.25) is 0 Å². The topological polar surface area (TPSA) is 166 Å². The average molecular weight is 822 g/mol. The fourth-order valence-corrected chi connectivity index (χ4v) is 6.02. The predicted octanol–water partition coefficient (Wildman–Crippen LogP) is 3.36. The fourth-order valence-electron chi connectivity index (χ4n) is 3.98. The Morgan fingerprint density at radius 2 is 1.88 bits per heavy atom. The molecule has 4 N–H and O–H groups in total. The molecule has 0 spiro atoms. The number of hydrogen-bond donors (Lipinski definition) is 4. The second kappa shape index (κ2) is 16.5. The van der Waals surface area contributed by atoms with Crippen molar-refractivity contribution in [1.29, 1.82) is 0 Å². The van der Waals surface area contributed by atoms with Gasteiger partial charge < -0.3 is 39.4 Å². The van der Waals surface area contributed by atoms with Gasteiger partial charge in [-0.15, -0.1) is 0 Å². The van der Waals surface area contributed by atoms with Gasteiger partial charge in [0, 0.05) is 14.8 Å². The van der Waals surface area contributed by atoms with E-state index in [9.17, 15) is 19.5 Å². The zero-order valence-electron chi connectivity index (χ0n) is 23.9. The standard InChI is InChI=1S/C28H32I2N4O9/c1-5-40-21-10-16(25-24(27(37)39-4)15(3)32-28(38)33-25)7-8-20(21)42-13-22(35)34-31-12-17-9-18(29)11-19(30)26(17)43-14-23(36)41-6-2/h7-12,22,25,34-35H,5-6,13-14H2,1-4H3,(H2,32,33,38)/b31-12+/t22-,25+/m1/s1. The summed E-state index contributed by atoms with van der Waals surface area (Å²) < 4.78 is 28.7. The summed E-state index contributed by atoms with van der Waals surface area (Å²) in [6.45, 7) is 5.26. The van der Waals surface area contributed by atoms with Gasteiger partial charge in [0.25, 0.3) is 0 Å². The van der Waals surface area contributed by atoms with E-state index in [0.717, 1.165) is 7.14 Å². The molecule has 0 aromatic heterocycles. The van der Waals surface area contributed by atoms with Crippen molar-refractivity contribution in [3.8, 4) is 17.2 Å². The van der Waals surface area contributed by atoms with Crippen molar-refractivity contribution >= 4 is 69.4 Å². The first-order chi connectivity index (χ1) is 20.6. The first-order valence-corrected chi connectivity index (χ1v) is 15.2. The molecule has 0 saturated heterocycles. The number of nitrogens with one attached hydrogen (secondary N) is 3. The number of ether oxygens (including phenoxy) is 5. The number of halogens is 2. The van der Waals surface area contributed by atoms with E-state index in [2.05, 4.69) is 66.3 Å². The number of urea groups is 1. The van der Waals surface area contributed by atoms with Crippen LogP contribution in [-0.2, 0) is 19.1 Å². The molecule has 2 aromatic carbocycles. The smallest absolute Gasteiger partial charge is 0.344 e. The van der Waals surface area contributed by atoms with Gasteiger partial charge in [0.05, 0.1) is 41.7 Å².